The van der Waals surface area contributed by atoms with E-state index in [0.29, 0.717) is 12.1 Å². The maximum atomic E-state index is 12.2. The first-order chi connectivity index (χ1) is 9.54. The first-order valence-electron chi connectivity index (χ1n) is 6.61. The summed E-state index contributed by atoms with van der Waals surface area (Å²) < 4.78 is 25.4. The third kappa shape index (κ3) is 4.16. The van der Waals surface area contributed by atoms with Gasteiger partial charge in [0.1, 0.15) is 6.54 Å². The van der Waals surface area contributed by atoms with Crippen molar-refractivity contribution in [3.8, 4) is 0 Å². The molecule has 0 unspecified atom stereocenters. The molecule has 0 aliphatic heterocycles. The summed E-state index contributed by atoms with van der Waals surface area (Å²) >= 11 is 0. The Morgan fingerprint density at radius 2 is 2.25 bits per heavy atom. The van der Waals surface area contributed by atoms with Crippen molar-refractivity contribution in [1.82, 2.24) is 15.1 Å². The number of carbonyl (C=O) groups excluding carboxylic acids is 1. The standard InChI is InChI=1S/C12H18F2N4O2/c13-11(14)7-18-6-8(5-15-18)16-12(20)17-9-3-1-2-4-10(9)19/h5-6,9-11,19H,1-4,7H2,(H2,16,17,20)/t9-,10-/m0/s1. The van der Waals surface area contributed by atoms with Crippen LogP contribution in [0.2, 0.25) is 0 Å². The van der Waals surface area contributed by atoms with Crippen LogP contribution < -0.4 is 10.6 Å². The highest BCUT2D eigenvalue weighted by Gasteiger charge is 2.24. The van der Waals surface area contributed by atoms with Gasteiger partial charge in [-0.15, -0.1) is 0 Å². The van der Waals surface area contributed by atoms with Crippen molar-refractivity contribution >= 4 is 11.7 Å². The van der Waals surface area contributed by atoms with Gasteiger partial charge in [0, 0.05) is 6.20 Å². The third-order valence-electron chi connectivity index (χ3n) is 3.26. The van der Waals surface area contributed by atoms with Crippen molar-refractivity contribution in [3.05, 3.63) is 12.4 Å². The van der Waals surface area contributed by atoms with E-state index in [4.69, 9.17) is 0 Å². The van der Waals surface area contributed by atoms with Crippen molar-refractivity contribution in [2.24, 2.45) is 0 Å². The molecule has 6 nitrogen and oxygen atoms in total. The molecular weight excluding hydrogens is 270 g/mol. The number of hydrogen-bond donors (Lipinski definition) is 3. The lowest BCUT2D eigenvalue weighted by atomic mass is 9.93. The van der Waals surface area contributed by atoms with Crippen molar-refractivity contribution in [2.75, 3.05) is 5.32 Å². The molecule has 1 aromatic rings. The number of carbonyl (C=O) groups is 1. The second-order valence-corrected chi connectivity index (χ2v) is 4.90. The molecule has 0 radical (unpaired) electrons. The average Bonchev–Trinajstić information content (AvgIpc) is 2.78. The van der Waals surface area contributed by atoms with Gasteiger partial charge in [0.15, 0.2) is 0 Å². The van der Waals surface area contributed by atoms with E-state index in [-0.39, 0.29) is 6.04 Å². The summed E-state index contributed by atoms with van der Waals surface area (Å²) in [5.74, 6) is 0. The Kier molecular flexibility index (Phi) is 4.89. The molecule has 2 atom stereocenters. The first-order valence-corrected chi connectivity index (χ1v) is 6.61. The lowest BCUT2D eigenvalue weighted by molar-refractivity contribution is 0.0955. The van der Waals surface area contributed by atoms with Gasteiger partial charge < -0.3 is 15.7 Å². The summed E-state index contributed by atoms with van der Waals surface area (Å²) in [5, 5.41) is 18.7. The van der Waals surface area contributed by atoms with Gasteiger partial charge in [-0.3, -0.25) is 4.68 Å². The summed E-state index contributed by atoms with van der Waals surface area (Å²) in [6.07, 6.45) is 2.96. The number of amides is 2. The van der Waals surface area contributed by atoms with Crippen LogP contribution in [0.5, 0.6) is 0 Å². The molecule has 20 heavy (non-hydrogen) atoms. The molecule has 1 fully saturated rings. The molecule has 1 heterocycles. The zero-order valence-corrected chi connectivity index (χ0v) is 10.9. The first kappa shape index (κ1) is 14.7. The monoisotopic (exact) mass is 288 g/mol. The van der Waals surface area contributed by atoms with Crippen LogP contribution in [0.3, 0.4) is 0 Å². The Morgan fingerprint density at radius 3 is 2.95 bits per heavy atom. The molecule has 2 rings (SSSR count). The molecule has 112 valence electrons. The summed E-state index contributed by atoms with van der Waals surface area (Å²) in [5.41, 5.74) is 0.341. The quantitative estimate of drug-likeness (QED) is 0.787. The number of aliphatic hydroxyl groups is 1. The number of rotatable bonds is 4. The molecule has 2 amide bonds. The molecule has 1 aliphatic carbocycles. The van der Waals surface area contributed by atoms with Gasteiger partial charge in [0.2, 0.25) is 0 Å². The zero-order chi connectivity index (χ0) is 14.5. The summed E-state index contributed by atoms with van der Waals surface area (Å²) in [7, 11) is 0. The lowest BCUT2D eigenvalue weighted by Gasteiger charge is -2.28. The summed E-state index contributed by atoms with van der Waals surface area (Å²) in [6, 6.07) is -0.729. The van der Waals surface area contributed by atoms with Crippen LogP contribution in [0, 0.1) is 0 Å². The maximum Gasteiger partial charge on any atom is 0.319 e. The number of nitrogens with zero attached hydrogens (tertiary/aromatic N) is 2. The van der Waals surface area contributed by atoms with E-state index in [0.717, 1.165) is 23.9 Å². The lowest BCUT2D eigenvalue weighted by Crippen LogP contribution is -2.46. The van der Waals surface area contributed by atoms with Crippen LogP contribution >= 0.6 is 0 Å². The topological polar surface area (TPSA) is 79.2 Å². The van der Waals surface area contributed by atoms with E-state index < -0.39 is 25.1 Å². The van der Waals surface area contributed by atoms with Crippen LogP contribution in [-0.2, 0) is 6.54 Å². The van der Waals surface area contributed by atoms with E-state index in [1.807, 2.05) is 0 Å². The Hall–Kier alpha value is -1.70. The molecule has 0 aromatic carbocycles. The van der Waals surface area contributed by atoms with Gasteiger partial charge in [-0.25, -0.2) is 13.6 Å². The molecular formula is C12H18F2N4O2. The fourth-order valence-electron chi connectivity index (χ4n) is 2.28. The molecule has 0 bridgehead atoms. The van der Waals surface area contributed by atoms with Crippen LogP contribution in [0.25, 0.3) is 0 Å². The Bertz CT molecular complexity index is 452. The van der Waals surface area contributed by atoms with Crippen molar-refractivity contribution in [2.45, 2.75) is 50.8 Å². The predicted octanol–water partition coefficient (Wildman–Crippen LogP) is 1.57. The van der Waals surface area contributed by atoms with Crippen molar-refractivity contribution in [1.29, 1.82) is 0 Å². The Balaban J connectivity index is 1.83. The van der Waals surface area contributed by atoms with Gasteiger partial charge in [-0.2, -0.15) is 5.10 Å². The molecule has 0 spiro atoms. The highest BCUT2D eigenvalue weighted by atomic mass is 19.3. The van der Waals surface area contributed by atoms with E-state index in [1.165, 1.54) is 12.4 Å². The minimum absolute atomic E-state index is 0.264. The second kappa shape index (κ2) is 6.65. The smallest absolute Gasteiger partial charge is 0.319 e. The van der Waals surface area contributed by atoms with Crippen molar-refractivity contribution < 1.29 is 18.7 Å². The third-order valence-corrected chi connectivity index (χ3v) is 3.26. The van der Waals surface area contributed by atoms with Gasteiger partial charge in [-0.1, -0.05) is 12.8 Å². The number of aliphatic hydroxyl groups excluding tert-OH is 1. The second-order valence-electron chi connectivity index (χ2n) is 4.90. The van der Waals surface area contributed by atoms with E-state index in [2.05, 4.69) is 15.7 Å². The largest absolute Gasteiger partial charge is 0.391 e. The van der Waals surface area contributed by atoms with Crippen LogP contribution in [-0.4, -0.2) is 39.5 Å². The Labute approximate surface area is 115 Å². The predicted molar refractivity (Wildman–Crippen MR) is 68.6 cm³/mol. The molecule has 0 saturated heterocycles. The SMILES string of the molecule is O=C(Nc1cnn(CC(F)F)c1)N[C@H]1CCCC[C@@H]1O. The molecule has 1 aliphatic rings. The number of alkyl halides is 2. The molecule has 3 N–H and O–H groups in total. The van der Waals surface area contributed by atoms with E-state index in [9.17, 15) is 18.7 Å². The number of hydrogen-bond acceptors (Lipinski definition) is 3. The normalized spacial score (nSPS) is 22.8. The summed E-state index contributed by atoms with van der Waals surface area (Å²) in [6.45, 7) is -0.509. The van der Waals surface area contributed by atoms with Gasteiger partial charge in [0.25, 0.3) is 6.43 Å². The fourth-order valence-corrected chi connectivity index (χ4v) is 2.28. The highest BCUT2D eigenvalue weighted by molar-refractivity contribution is 5.89. The number of urea groups is 1. The van der Waals surface area contributed by atoms with E-state index in [1.54, 1.807) is 0 Å². The number of halogens is 2. The molecule has 8 heteroatoms. The highest BCUT2D eigenvalue weighted by Crippen LogP contribution is 2.18. The zero-order valence-electron chi connectivity index (χ0n) is 10.9. The number of anilines is 1. The fraction of sp³-hybridized carbons (Fsp3) is 0.667. The van der Waals surface area contributed by atoms with E-state index >= 15 is 0 Å². The Morgan fingerprint density at radius 1 is 1.50 bits per heavy atom. The molecule has 1 aromatic heterocycles. The number of nitrogens with one attached hydrogen (secondary N) is 2. The molecule has 1 saturated carbocycles. The van der Waals surface area contributed by atoms with Crippen molar-refractivity contribution in [3.63, 3.8) is 0 Å². The average molecular weight is 288 g/mol. The van der Waals surface area contributed by atoms with Crippen LogP contribution in [0.4, 0.5) is 19.3 Å². The number of aromatic nitrogens is 2. The van der Waals surface area contributed by atoms with Gasteiger partial charge >= 0.3 is 6.03 Å². The minimum Gasteiger partial charge on any atom is -0.391 e. The summed E-state index contributed by atoms with van der Waals surface area (Å²) in [4.78, 5) is 11.7. The maximum absolute atomic E-state index is 12.2. The van der Waals surface area contributed by atoms with Gasteiger partial charge in [0.05, 0.1) is 24.0 Å². The minimum atomic E-state index is -2.49. The van der Waals surface area contributed by atoms with Crippen LogP contribution in [0.15, 0.2) is 12.4 Å². The van der Waals surface area contributed by atoms with Crippen LogP contribution in [0.1, 0.15) is 25.7 Å². The van der Waals surface area contributed by atoms with Gasteiger partial charge in [-0.05, 0) is 12.8 Å².